The van der Waals surface area contributed by atoms with E-state index in [4.69, 9.17) is 4.74 Å². The molecule has 2 saturated heterocycles. The fourth-order valence-electron chi connectivity index (χ4n) is 4.41. The molecule has 0 amide bonds. The lowest BCUT2D eigenvalue weighted by molar-refractivity contribution is -0.941. The van der Waals surface area contributed by atoms with Crippen LogP contribution in [0.25, 0.3) is 0 Å². The Kier molecular flexibility index (Phi) is 6.55. The summed E-state index contributed by atoms with van der Waals surface area (Å²) in [6.07, 6.45) is -3.00. The van der Waals surface area contributed by atoms with E-state index in [0.717, 1.165) is 77.0 Å². The van der Waals surface area contributed by atoms with Crippen molar-refractivity contribution in [2.75, 3.05) is 57.3 Å². The molecule has 2 atom stereocenters. The third-order valence-electron chi connectivity index (χ3n) is 6.07. The molecule has 4 rings (SSSR count). The Balaban J connectivity index is 1.24. The molecule has 30 heavy (non-hydrogen) atoms. The summed E-state index contributed by atoms with van der Waals surface area (Å²) in [5, 5.41) is 0. The fourth-order valence-corrected chi connectivity index (χ4v) is 4.41. The third-order valence-corrected chi connectivity index (χ3v) is 6.07. The van der Waals surface area contributed by atoms with Gasteiger partial charge in [-0.15, -0.1) is 0 Å². The van der Waals surface area contributed by atoms with Crippen LogP contribution in [0.15, 0.2) is 48.7 Å². The number of halogens is 3. The van der Waals surface area contributed by atoms with Gasteiger partial charge in [0.2, 0.25) is 0 Å². The van der Waals surface area contributed by atoms with Crippen molar-refractivity contribution in [3.8, 4) is 0 Å². The van der Waals surface area contributed by atoms with E-state index >= 15 is 0 Å². The monoisotopic (exact) mass is 423 g/mol. The smallest absolute Gasteiger partial charge is 0.361 e. The van der Waals surface area contributed by atoms with Crippen molar-refractivity contribution >= 4 is 5.82 Å². The molecule has 0 spiro atoms. The van der Waals surface area contributed by atoms with Crippen molar-refractivity contribution < 1.29 is 32.7 Å². The highest BCUT2D eigenvalue weighted by atomic mass is 19.4. The van der Waals surface area contributed by atoms with E-state index in [-0.39, 0.29) is 6.10 Å². The molecule has 1 aromatic heterocycles. The lowest BCUT2D eigenvalue weighted by Gasteiger charge is -2.34. The number of aromatic amines is 1. The Morgan fingerprint density at radius 2 is 1.77 bits per heavy atom. The number of piperazine rings is 1. The zero-order valence-electron chi connectivity index (χ0n) is 17.0. The number of alkyl halides is 3. The van der Waals surface area contributed by atoms with E-state index in [1.54, 1.807) is 4.90 Å². The minimum atomic E-state index is -4.31. The average Bonchev–Trinajstić information content (AvgIpc) is 2.75. The maximum Gasteiger partial charge on any atom is 0.419 e. The summed E-state index contributed by atoms with van der Waals surface area (Å²) in [5.74, 6) is 0.745. The van der Waals surface area contributed by atoms with Gasteiger partial charge in [-0.05, 0) is 6.07 Å². The normalized spacial score (nSPS) is 23.5. The lowest BCUT2D eigenvalue weighted by atomic mass is 10.1. The molecule has 5 nitrogen and oxygen atoms in total. The number of morpholine rings is 1. The van der Waals surface area contributed by atoms with Crippen LogP contribution in [0.1, 0.15) is 11.1 Å². The van der Waals surface area contributed by atoms with Crippen molar-refractivity contribution in [3.05, 3.63) is 59.8 Å². The second-order valence-corrected chi connectivity index (χ2v) is 8.26. The minimum absolute atomic E-state index is 0.261. The predicted molar refractivity (Wildman–Crippen MR) is 106 cm³/mol. The Morgan fingerprint density at radius 3 is 2.43 bits per heavy atom. The van der Waals surface area contributed by atoms with Crippen LogP contribution in [-0.4, -0.2) is 58.5 Å². The van der Waals surface area contributed by atoms with Gasteiger partial charge in [0.15, 0.2) is 6.10 Å². The second-order valence-electron chi connectivity index (χ2n) is 8.26. The molecule has 0 radical (unpaired) electrons. The van der Waals surface area contributed by atoms with Gasteiger partial charge in [-0.1, -0.05) is 30.3 Å². The molecule has 3 N–H and O–H groups in total. The molecule has 0 saturated carbocycles. The summed E-state index contributed by atoms with van der Waals surface area (Å²) in [7, 11) is 0. The van der Waals surface area contributed by atoms with Gasteiger partial charge in [-0.25, -0.2) is 4.98 Å². The minimum Gasteiger partial charge on any atom is -0.361 e. The van der Waals surface area contributed by atoms with Crippen LogP contribution in [0, 0.1) is 0 Å². The highest BCUT2D eigenvalue weighted by Crippen LogP contribution is 2.28. The van der Waals surface area contributed by atoms with E-state index in [2.05, 4.69) is 34.1 Å². The van der Waals surface area contributed by atoms with Gasteiger partial charge in [-0.3, -0.25) is 4.90 Å². The summed E-state index contributed by atoms with van der Waals surface area (Å²) < 4.78 is 44.2. The van der Waals surface area contributed by atoms with Gasteiger partial charge in [0.05, 0.1) is 12.2 Å². The van der Waals surface area contributed by atoms with Crippen molar-refractivity contribution in [3.63, 3.8) is 0 Å². The first-order chi connectivity index (χ1) is 14.5. The summed E-state index contributed by atoms with van der Waals surface area (Å²) in [6.45, 7) is 8.46. The van der Waals surface area contributed by atoms with Gasteiger partial charge in [0.1, 0.15) is 58.6 Å². The highest BCUT2D eigenvalue weighted by Gasteiger charge is 2.34. The number of nitrogens with zero attached hydrogens (tertiary/aromatic N) is 1. The van der Waals surface area contributed by atoms with Crippen LogP contribution < -0.4 is 19.7 Å². The summed E-state index contributed by atoms with van der Waals surface area (Å²) >= 11 is 0. The first-order valence-electron chi connectivity index (χ1n) is 10.6. The van der Waals surface area contributed by atoms with E-state index in [0.29, 0.717) is 0 Å². The Morgan fingerprint density at radius 1 is 1.00 bits per heavy atom. The van der Waals surface area contributed by atoms with Crippen LogP contribution in [0.4, 0.5) is 19.0 Å². The van der Waals surface area contributed by atoms with E-state index in [1.165, 1.54) is 16.5 Å². The van der Waals surface area contributed by atoms with Crippen molar-refractivity contribution in [1.29, 1.82) is 0 Å². The quantitative estimate of drug-likeness (QED) is 0.694. The number of H-pyrrole nitrogens is 1. The van der Waals surface area contributed by atoms with Crippen LogP contribution in [-0.2, 0) is 17.5 Å². The van der Waals surface area contributed by atoms with Crippen LogP contribution in [0.3, 0.4) is 0 Å². The zero-order valence-corrected chi connectivity index (χ0v) is 17.0. The number of quaternary nitrogens is 2. The van der Waals surface area contributed by atoms with Gasteiger partial charge in [-0.2, -0.15) is 13.2 Å². The van der Waals surface area contributed by atoms with Gasteiger partial charge < -0.3 is 14.5 Å². The van der Waals surface area contributed by atoms with Crippen molar-refractivity contribution in [2.45, 2.75) is 18.8 Å². The maximum atomic E-state index is 12.7. The predicted octanol–water partition coefficient (Wildman–Crippen LogP) is -0.292. The number of benzene rings is 1. The molecule has 2 aromatic rings. The molecule has 0 bridgehead atoms. The van der Waals surface area contributed by atoms with Gasteiger partial charge in [0, 0.05) is 11.6 Å². The Labute approximate surface area is 175 Å². The lowest BCUT2D eigenvalue weighted by Crippen LogP contribution is -3.19. The largest absolute Gasteiger partial charge is 0.419 e. The SMILES string of the molecule is FC(F)(F)c1ccc(N2CC[NH+](C[C@H]3C[NH+](Cc4ccccc4)CCO3)CC2)[nH+]c1. The summed E-state index contributed by atoms with van der Waals surface area (Å²) in [6, 6.07) is 13.3. The number of pyridine rings is 1. The topological polar surface area (TPSA) is 35.5 Å². The Bertz CT molecular complexity index is 792. The highest BCUT2D eigenvalue weighted by molar-refractivity contribution is 5.34. The van der Waals surface area contributed by atoms with E-state index in [1.807, 2.05) is 6.07 Å². The van der Waals surface area contributed by atoms with Gasteiger partial charge >= 0.3 is 6.18 Å². The molecule has 8 heteroatoms. The molecule has 2 aliphatic rings. The molecule has 1 aromatic carbocycles. The number of hydrogen-bond acceptors (Lipinski definition) is 2. The molecule has 0 aliphatic carbocycles. The number of hydrogen-bond donors (Lipinski definition) is 2. The number of anilines is 1. The van der Waals surface area contributed by atoms with E-state index < -0.39 is 11.7 Å². The number of ether oxygens (including phenoxy) is 1. The molecule has 2 fully saturated rings. The van der Waals surface area contributed by atoms with Crippen molar-refractivity contribution in [2.24, 2.45) is 0 Å². The first kappa shape index (κ1) is 21.1. The Hall–Kier alpha value is -2.16. The number of aromatic nitrogens is 1. The van der Waals surface area contributed by atoms with Crippen LogP contribution in [0.5, 0.6) is 0 Å². The molecular weight excluding hydrogens is 393 g/mol. The molecule has 1 unspecified atom stereocenters. The second kappa shape index (κ2) is 9.32. The fraction of sp³-hybridized carbons (Fsp3) is 0.500. The molecule has 2 aliphatic heterocycles. The summed E-state index contributed by atoms with van der Waals surface area (Å²) in [5.41, 5.74) is 0.717. The standard InChI is InChI=1S/C22H27F3N4O/c23-22(24,25)19-6-7-21(26-14-19)29-10-8-27(9-11-29)16-20-17-28(12-13-30-20)15-18-4-2-1-3-5-18/h1-7,14,20H,8-13,15-17H2/p+3/t20-/m0/s1. The average molecular weight is 424 g/mol. The molecule has 3 heterocycles. The third kappa shape index (κ3) is 5.50. The first-order valence-corrected chi connectivity index (χ1v) is 10.6. The molecular formula is C22H30F3N4O+3. The maximum absolute atomic E-state index is 12.7. The molecule has 162 valence electrons. The van der Waals surface area contributed by atoms with Gasteiger partial charge in [0.25, 0.3) is 5.82 Å². The van der Waals surface area contributed by atoms with Crippen LogP contribution >= 0.6 is 0 Å². The number of rotatable bonds is 5. The van der Waals surface area contributed by atoms with Crippen LogP contribution in [0.2, 0.25) is 0 Å². The number of nitrogens with one attached hydrogen (secondary N) is 3. The zero-order chi connectivity index (χ0) is 21.0. The summed E-state index contributed by atoms with van der Waals surface area (Å²) in [4.78, 5) is 8.00. The van der Waals surface area contributed by atoms with Crippen molar-refractivity contribution in [1.82, 2.24) is 0 Å². The van der Waals surface area contributed by atoms with E-state index in [9.17, 15) is 13.2 Å².